The highest BCUT2D eigenvalue weighted by Crippen LogP contribution is 2.34. The summed E-state index contributed by atoms with van der Waals surface area (Å²) in [6.07, 6.45) is 7.18. The predicted molar refractivity (Wildman–Crippen MR) is 73.8 cm³/mol. The monoisotopic (exact) mass is 248 g/mol. The highest BCUT2D eigenvalue weighted by molar-refractivity contribution is 5.47. The molecule has 0 bridgehead atoms. The number of aromatic nitrogens is 2. The second kappa shape index (κ2) is 4.57. The maximum absolute atomic E-state index is 4.50. The van der Waals surface area contributed by atoms with Crippen LogP contribution in [0.25, 0.3) is 0 Å². The summed E-state index contributed by atoms with van der Waals surface area (Å²) in [4.78, 5) is 2.68. The van der Waals surface area contributed by atoms with Crippen LogP contribution >= 0.6 is 0 Å². The van der Waals surface area contributed by atoms with Gasteiger partial charge in [0.15, 0.2) is 0 Å². The van der Waals surface area contributed by atoms with Gasteiger partial charge in [0.25, 0.3) is 0 Å². The Morgan fingerprint density at radius 3 is 2.89 bits per heavy atom. The molecular formula is C14H24N4. The van der Waals surface area contributed by atoms with E-state index in [0.29, 0.717) is 6.04 Å². The topological polar surface area (TPSA) is 33.1 Å². The normalized spacial score (nSPS) is 28.8. The molecular weight excluding hydrogens is 224 g/mol. The van der Waals surface area contributed by atoms with Crippen molar-refractivity contribution in [2.45, 2.75) is 57.7 Å². The molecule has 2 heterocycles. The van der Waals surface area contributed by atoms with Crippen molar-refractivity contribution in [2.75, 3.05) is 11.9 Å². The van der Waals surface area contributed by atoms with Gasteiger partial charge in [0.05, 0.1) is 11.4 Å². The molecule has 4 nitrogen and oxygen atoms in total. The van der Waals surface area contributed by atoms with Gasteiger partial charge in [-0.25, -0.2) is 0 Å². The van der Waals surface area contributed by atoms with Crippen molar-refractivity contribution >= 4 is 5.69 Å². The fraction of sp³-hybridized carbons (Fsp3) is 0.786. The third-order valence-electron chi connectivity index (χ3n) is 4.24. The van der Waals surface area contributed by atoms with E-state index >= 15 is 0 Å². The molecule has 1 aliphatic heterocycles. The molecule has 1 aliphatic carbocycles. The van der Waals surface area contributed by atoms with Gasteiger partial charge in [0, 0.05) is 37.9 Å². The largest absolute Gasteiger partial charge is 0.378 e. The lowest BCUT2D eigenvalue weighted by Gasteiger charge is -2.19. The van der Waals surface area contributed by atoms with Gasteiger partial charge in [-0.1, -0.05) is 6.92 Å². The van der Waals surface area contributed by atoms with Crippen LogP contribution in [0.3, 0.4) is 0 Å². The van der Waals surface area contributed by atoms with Gasteiger partial charge < -0.3 is 5.32 Å². The molecule has 1 aromatic heterocycles. The average molecular weight is 248 g/mol. The van der Waals surface area contributed by atoms with Crippen LogP contribution in [0.4, 0.5) is 5.69 Å². The van der Waals surface area contributed by atoms with Crippen LogP contribution in [-0.4, -0.2) is 39.4 Å². The Kier molecular flexibility index (Phi) is 3.06. The van der Waals surface area contributed by atoms with E-state index in [4.69, 9.17) is 0 Å². The maximum atomic E-state index is 4.50. The molecule has 0 radical (unpaired) electrons. The molecule has 0 aromatic carbocycles. The highest BCUT2D eigenvalue weighted by Gasteiger charge is 2.38. The van der Waals surface area contributed by atoms with Crippen molar-refractivity contribution in [1.29, 1.82) is 0 Å². The van der Waals surface area contributed by atoms with Crippen LogP contribution < -0.4 is 5.32 Å². The smallest absolute Gasteiger partial charge is 0.0853 e. The quantitative estimate of drug-likeness (QED) is 0.885. The van der Waals surface area contributed by atoms with Crippen molar-refractivity contribution < 1.29 is 0 Å². The van der Waals surface area contributed by atoms with E-state index in [1.165, 1.54) is 37.2 Å². The Morgan fingerprint density at radius 1 is 1.44 bits per heavy atom. The zero-order valence-electron chi connectivity index (χ0n) is 11.7. The molecule has 2 fully saturated rings. The van der Waals surface area contributed by atoms with Gasteiger partial charge in [0.1, 0.15) is 0 Å². The molecule has 2 atom stereocenters. The second-order valence-corrected chi connectivity index (χ2v) is 5.87. The Balaban J connectivity index is 1.66. The van der Waals surface area contributed by atoms with E-state index < -0.39 is 0 Å². The first kappa shape index (κ1) is 12.0. The molecule has 2 unspecified atom stereocenters. The Morgan fingerprint density at radius 2 is 2.22 bits per heavy atom. The van der Waals surface area contributed by atoms with Gasteiger partial charge >= 0.3 is 0 Å². The summed E-state index contributed by atoms with van der Waals surface area (Å²) in [6, 6.07) is 2.21. The number of nitrogens with zero attached hydrogens (tertiary/aromatic N) is 3. The van der Waals surface area contributed by atoms with E-state index in [2.05, 4.69) is 35.4 Å². The van der Waals surface area contributed by atoms with Crippen LogP contribution in [0.15, 0.2) is 6.20 Å². The first-order chi connectivity index (χ1) is 8.67. The van der Waals surface area contributed by atoms with Crippen LogP contribution in [0.1, 0.15) is 38.8 Å². The molecule has 1 aromatic rings. The summed E-state index contributed by atoms with van der Waals surface area (Å²) in [7, 11) is 2.00. The lowest BCUT2D eigenvalue weighted by atomic mass is 10.2. The molecule has 18 heavy (non-hydrogen) atoms. The Labute approximate surface area is 109 Å². The average Bonchev–Trinajstić information content (AvgIpc) is 3.02. The minimum absolute atomic E-state index is 0.593. The minimum atomic E-state index is 0.593. The maximum Gasteiger partial charge on any atom is 0.0853 e. The summed E-state index contributed by atoms with van der Waals surface area (Å²) >= 11 is 0. The number of aryl methyl sites for hydroxylation is 2. The molecule has 1 saturated heterocycles. The number of anilines is 1. The fourth-order valence-electron chi connectivity index (χ4n) is 3.21. The molecule has 1 saturated carbocycles. The number of hydrogen-bond acceptors (Lipinski definition) is 3. The Hall–Kier alpha value is -1.03. The van der Waals surface area contributed by atoms with E-state index in [-0.39, 0.29) is 0 Å². The third-order valence-corrected chi connectivity index (χ3v) is 4.24. The number of likely N-dealkylation sites (tertiary alicyclic amines) is 1. The van der Waals surface area contributed by atoms with Crippen molar-refractivity contribution in [3.63, 3.8) is 0 Å². The zero-order chi connectivity index (χ0) is 12.7. The van der Waals surface area contributed by atoms with Crippen molar-refractivity contribution in [3.05, 3.63) is 11.9 Å². The summed E-state index contributed by atoms with van der Waals surface area (Å²) in [6.45, 7) is 5.73. The fourth-order valence-corrected chi connectivity index (χ4v) is 3.21. The summed E-state index contributed by atoms with van der Waals surface area (Å²) in [5.74, 6) is 0. The van der Waals surface area contributed by atoms with Crippen molar-refractivity contribution in [2.24, 2.45) is 7.05 Å². The lowest BCUT2D eigenvalue weighted by Crippen LogP contribution is -2.31. The van der Waals surface area contributed by atoms with E-state index in [1.807, 2.05) is 11.7 Å². The van der Waals surface area contributed by atoms with E-state index in [0.717, 1.165) is 18.5 Å². The van der Waals surface area contributed by atoms with Gasteiger partial charge in [-0.2, -0.15) is 5.10 Å². The SMILES string of the molecule is CCc1nn(C)cc1NC1CC(C)N(C2CC2)C1. The molecule has 1 N–H and O–H groups in total. The number of rotatable bonds is 4. The summed E-state index contributed by atoms with van der Waals surface area (Å²) < 4.78 is 1.91. The van der Waals surface area contributed by atoms with Crippen LogP contribution in [0.5, 0.6) is 0 Å². The minimum Gasteiger partial charge on any atom is -0.378 e. The van der Waals surface area contributed by atoms with Crippen LogP contribution in [0, 0.1) is 0 Å². The highest BCUT2D eigenvalue weighted by atomic mass is 15.3. The van der Waals surface area contributed by atoms with Gasteiger partial charge in [-0.05, 0) is 32.6 Å². The molecule has 0 spiro atoms. The number of nitrogens with one attached hydrogen (secondary N) is 1. The first-order valence-corrected chi connectivity index (χ1v) is 7.22. The van der Waals surface area contributed by atoms with Crippen LogP contribution in [0.2, 0.25) is 0 Å². The molecule has 0 amide bonds. The predicted octanol–water partition coefficient (Wildman–Crippen LogP) is 2.02. The molecule has 100 valence electrons. The molecule has 3 rings (SSSR count). The first-order valence-electron chi connectivity index (χ1n) is 7.22. The van der Waals surface area contributed by atoms with E-state index in [1.54, 1.807) is 0 Å². The van der Waals surface area contributed by atoms with E-state index in [9.17, 15) is 0 Å². The van der Waals surface area contributed by atoms with Gasteiger partial charge in [-0.15, -0.1) is 0 Å². The summed E-state index contributed by atoms with van der Waals surface area (Å²) in [5.41, 5.74) is 2.42. The summed E-state index contributed by atoms with van der Waals surface area (Å²) in [5, 5.41) is 8.20. The molecule has 2 aliphatic rings. The van der Waals surface area contributed by atoms with Gasteiger partial charge in [0.2, 0.25) is 0 Å². The second-order valence-electron chi connectivity index (χ2n) is 5.87. The third kappa shape index (κ3) is 2.26. The number of hydrogen-bond donors (Lipinski definition) is 1. The van der Waals surface area contributed by atoms with Crippen molar-refractivity contribution in [3.8, 4) is 0 Å². The zero-order valence-corrected chi connectivity index (χ0v) is 11.7. The standard InChI is InChI=1S/C14H24N4/c1-4-13-14(9-17(3)16-13)15-11-7-10(2)18(8-11)12-5-6-12/h9-12,15H,4-8H2,1-3H3. The lowest BCUT2D eigenvalue weighted by molar-refractivity contribution is 0.257. The van der Waals surface area contributed by atoms with Gasteiger partial charge in [-0.3, -0.25) is 9.58 Å². The molecule has 4 heteroatoms. The van der Waals surface area contributed by atoms with Crippen molar-refractivity contribution in [1.82, 2.24) is 14.7 Å². The Bertz CT molecular complexity index is 421. The van der Waals surface area contributed by atoms with Crippen LogP contribution in [-0.2, 0) is 13.5 Å².